The van der Waals surface area contributed by atoms with E-state index in [-0.39, 0.29) is 17.1 Å². The van der Waals surface area contributed by atoms with Crippen LogP contribution in [0.4, 0.5) is 4.39 Å². The van der Waals surface area contributed by atoms with Crippen molar-refractivity contribution in [3.63, 3.8) is 0 Å². The zero-order chi connectivity index (χ0) is 17.2. The Morgan fingerprint density at radius 1 is 1.17 bits per heavy atom. The van der Waals surface area contributed by atoms with E-state index in [1.807, 2.05) is 0 Å². The van der Waals surface area contributed by atoms with Crippen LogP contribution >= 0.6 is 0 Å². The second-order valence-electron chi connectivity index (χ2n) is 5.51. The topological polar surface area (TPSA) is 71.4 Å². The van der Waals surface area contributed by atoms with Gasteiger partial charge in [-0.25, -0.2) is 12.8 Å². The summed E-state index contributed by atoms with van der Waals surface area (Å²) in [4.78, 5) is 11.8. The molecule has 0 radical (unpaired) electrons. The highest BCUT2D eigenvalue weighted by atomic mass is 32.2. The second kappa shape index (κ2) is 6.50. The third-order valence-electron chi connectivity index (χ3n) is 3.70. The monoisotopic (exact) mass is 336 g/mol. The fraction of sp³-hybridized carbons (Fsp3) is 0.235. The molecule has 1 atom stereocenters. The van der Waals surface area contributed by atoms with Crippen LogP contribution in [-0.2, 0) is 21.1 Å². The number of sulfone groups is 1. The van der Waals surface area contributed by atoms with E-state index in [1.54, 1.807) is 19.1 Å². The first-order valence-electron chi connectivity index (χ1n) is 6.96. The van der Waals surface area contributed by atoms with E-state index in [0.29, 0.717) is 16.7 Å². The zero-order valence-electron chi connectivity index (χ0n) is 12.8. The van der Waals surface area contributed by atoms with E-state index in [2.05, 4.69) is 0 Å². The molecule has 0 aromatic heterocycles. The number of aliphatic carboxylic acids is 1. The highest BCUT2D eigenvalue weighted by molar-refractivity contribution is 7.90. The second-order valence-corrected chi connectivity index (χ2v) is 7.53. The number of rotatable bonds is 5. The van der Waals surface area contributed by atoms with Crippen LogP contribution in [0, 0.1) is 12.7 Å². The molecule has 2 aromatic rings. The molecule has 23 heavy (non-hydrogen) atoms. The Morgan fingerprint density at radius 2 is 1.78 bits per heavy atom. The smallest absolute Gasteiger partial charge is 0.311 e. The molecule has 0 amide bonds. The van der Waals surface area contributed by atoms with Gasteiger partial charge in [-0.15, -0.1) is 0 Å². The highest BCUT2D eigenvalue weighted by Crippen LogP contribution is 2.26. The van der Waals surface area contributed by atoms with E-state index in [1.165, 1.54) is 30.3 Å². The van der Waals surface area contributed by atoms with E-state index in [9.17, 15) is 22.7 Å². The molecule has 2 rings (SSSR count). The number of hydrogen-bond acceptors (Lipinski definition) is 3. The summed E-state index contributed by atoms with van der Waals surface area (Å²) < 4.78 is 36.1. The lowest BCUT2D eigenvalue weighted by Crippen LogP contribution is -2.16. The van der Waals surface area contributed by atoms with Crippen LogP contribution in [0.2, 0.25) is 0 Å². The molecule has 0 saturated carbocycles. The van der Waals surface area contributed by atoms with Crippen LogP contribution in [0.25, 0.3) is 0 Å². The highest BCUT2D eigenvalue weighted by Gasteiger charge is 2.23. The molecule has 0 fully saturated rings. The van der Waals surface area contributed by atoms with Crippen LogP contribution in [0.5, 0.6) is 0 Å². The lowest BCUT2D eigenvalue weighted by molar-refractivity contribution is -0.138. The lowest BCUT2D eigenvalue weighted by Gasteiger charge is -2.16. The Kier molecular flexibility index (Phi) is 4.85. The van der Waals surface area contributed by atoms with Crippen LogP contribution < -0.4 is 0 Å². The van der Waals surface area contributed by atoms with Crippen molar-refractivity contribution in [2.45, 2.75) is 24.2 Å². The van der Waals surface area contributed by atoms with Gasteiger partial charge in [0, 0.05) is 6.26 Å². The van der Waals surface area contributed by atoms with Gasteiger partial charge < -0.3 is 5.11 Å². The van der Waals surface area contributed by atoms with Gasteiger partial charge in [-0.3, -0.25) is 4.79 Å². The molecule has 0 aliphatic rings. The fourth-order valence-electron chi connectivity index (χ4n) is 2.46. The van der Waals surface area contributed by atoms with Crippen molar-refractivity contribution in [1.29, 1.82) is 0 Å². The van der Waals surface area contributed by atoms with Gasteiger partial charge in [0.1, 0.15) is 5.82 Å². The van der Waals surface area contributed by atoms with E-state index in [0.717, 1.165) is 6.26 Å². The third kappa shape index (κ3) is 4.16. The summed E-state index contributed by atoms with van der Waals surface area (Å²) in [6, 6.07) is 10.1. The first kappa shape index (κ1) is 17.1. The molecule has 0 heterocycles. The maximum atomic E-state index is 13.0. The van der Waals surface area contributed by atoms with Crippen LogP contribution in [0.1, 0.15) is 22.6 Å². The van der Waals surface area contributed by atoms with Crippen molar-refractivity contribution >= 4 is 15.8 Å². The Labute approximate surface area is 134 Å². The summed E-state index contributed by atoms with van der Waals surface area (Å²) in [7, 11) is -3.34. The molecule has 122 valence electrons. The molecule has 0 saturated heterocycles. The molecule has 0 spiro atoms. The predicted molar refractivity (Wildman–Crippen MR) is 84.8 cm³/mol. The summed E-state index contributed by atoms with van der Waals surface area (Å²) >= 11 is 0. The van der Waals surface area contributed by atoms with Crippen LogP contribution in [-0.4, -0.2) is 25.7 Å². The molecule has 1 unspecified atom stereocenters. The first-order valence-corrected chi connectivity index (χ1v) is 8.85. The van der Waals surface area contributed by atoms with Gasteiger partial charge in [-0.05, 0) is 54.3 Å². The van der Waals surface area contributed by atoms with Crippen molar-refractivity contribution in [3.8, 4) is 0 Å². The summed E-state index contributed by atoms with van der Waals surface area (Å²) in [5.41, 5.74) is 1.85. The van der Waals surface area contributed by atoms with Gasteiger partial charge in [-0.1, -0.05) is 18.2 Å². The van der Waals surface area contributed by atoms with Crippen molar-refractivity contribution in [1.82, 2.24) is 0 Å². The maximum absolute atomic E-state index is 13.0. The van der Waals surface area contributed by atoms with Gasteiger partial charge in [0.05, 0.1) is 10.8 Å². The molecule has 0 aliphatic heterocycles. The fourth-order valence-corrected chi connectivity index (χ4v) is 3.16. The van der Waals surface area contributed by atoms with Crippen molar-refractivity contribution in [2.75, 3.05) is 6.26 Å². The molecule has 2 aromatic carbocycles. The summed E-state index contributed by atoms with van der Waals surface area (Å²) in [5.74, 6) is -2.21. The number of carboxylic acid groups (broad SMARTS) is 1. The van der Waals surface area contributed by atoms with Gasteiger partial charge in [-0.2, -0.15) is 0 Å². The number of halogens is 1. The van der Waals surface area contributed by atoms with Gasteiger partial charge >= 0.3 is 5.97 Å². The lowest BCUT2D eigenvalue weighted by atomic mass is 9.89. The Balaban J connectivity index is 2.38. The normalized spacial score (nSPS) is 12.8. The molecular formula is C17H17FO4S. The van der Waals surface area contributed by atoms with Gasteiger partial charge in [0.25, 0.3) is 0 Å². The summed E-state index contributed by atoms with van der Waals surface area (Å²) in [5, 5.41) is 9.50. The molecule has 0 aliphatic carbocycles. The van der Waals surface area contributed by atoms with Crippen LogP contribution in [0.3, 0.4) is 0 Å². The third-order valence-corrected chi connectivity index (χ3v) is 4.81. The predicted octanol–water partition coefficient (Wildman–Crippen LogP) is 2.95. The number of carboxylic acids is 1. The summed E-state index contributed by atoms with van der Waals surface area (Å²) in [6.45, 7) is 1.69. The minimum absolute atomic E-state index is 0.157. The minimum atomic E-state index is -3.34. The Bertz CT molecular complexity index is 826. The molecule has 6 heteroatoms. The van der Waals surface area contributed by atoms with E-state index < -0.39 is 21.7 Å². The standard InChI is InChI=1S/C17H17FO4S/c1-11-9-14(23(2,21)22)7-8-15(11)16(17(19)20)10-12-3-5-13(18)6-4-12/h3-9,16H,10H2,1-2H3,(H,19,20). The average Bonchev–Trinajstić information content (AvgIpc) is 2.46. The number of carbonyl (C=O) groups is 1. The zero-order valence-corrected chi connectivity index (χ0v) is 13.6. The van der Waals surface area contributed by atoms with E-state index in [4.69, 9.17) is 0 Å². The summed E-state index contributed by atoms with van der Waals surface area (Å²) in [6.07, 6.45) is 1.31. The van der Waals surface area contributed by atoms with Crippen molar-refractivity contribution in [2.24, 2.45) is 0 Å². The maximum Gasteiger partial charge on any atom is 0.311 e. The molecule has 4 nitrogen and oxygen atoms in total. The molecular weight excluding hydrogens is 319 g/mol. The number of aryl methyl sites for hydroxylation is 1. The Hall–Kier alpha value is -2.21. The first-order chi connectivity index (χ1) is 10.7. The minimum Gasteiger partial charge on any atom is -0.481 e. The van der Waals surface area contributed by atoms with E-state index >= 15 is 0 Å². The number of hydrogen-bond donors (Lipinski definition) is 1. The number of benzene rings is 2. The largest absolute Gasteiger partial charge is 0.481 e. The molecule has 0 bridgehead atoms. The quantitative estimate of drug-likeness (QED) is 0.911. The SMILES string of the molecule is Cc1cc(S(C)(=O)=O)ccc1C(Cc1ccc(F)cc1)C(=O)O. The van der Waals surface area contributed by atoms with Gasteiger partial charge in [0.15, 0.2) is 9.84 Å². The van der Waals surface area contributed by atoms with Crippen molar-refractivity contribution < 1.29 is 22.7 Å². The van der Waals surface area contributed by atoms with Crippen LogP contribution in [0.15, 0.2) is 47.4 Å². The van der Waals surface area contributed by atoms with Gasteiger partial charge in [0.2, 0.25) is 0 Å². The average molecular weight is 336 g/mol. The molecule has 1 N–H and O–H groups in total. The van der Waals surface area contributed by atoms with Crippen molar-refractivity contribution in [3.05, 3.63) is 65.0 Å². The Morgan fingerprint density at radius 3 is 2.26 bits per heavy atom.